The number of aryl methyl sites for hydroxylation is 1. The number of carbonyl (C=O) groups excluding carboxylic acids is 1. The molecule has 0 heterocycles. The van der Waals surface area contributed by atoms with Gasteiger partial charge in [-0.2, -0.15) is 0 Å². The summed E-state index contributed by atoms with van der Waals surface area (Å²) in [5, 5.41) is 0. The molecule has 0 saturated heterocycles. The molecule has 0 aromatic heterocycles. The Morgan fingerprint density at radius 2 is 1.56 bits per heavy atom. The molecular formula is C39H58O2. The summed E-state index contributed by atoms with van der Waals surface area (Å²) in [5.41, 5.74) is 4.31. The van der Waals surface area contributed by atoms with Crippen LogP contribution in [-0.2, 0) is 16.0 Å². The van der Waals surface area contributed by atoms with E-state index in [4.69, 9.17) is 4.74 Å². The second kappa shape index (κ2) is 9.99. The zero-order valence-corrected chi connectivity index (χ0v) is 27.4. The molecule has 5 saturated carbocycles. The predicted molar refractivity (Wildman–Crippen MR) is 169 cm³/mol. The lowest BCUT2D eigenvalue weighted by atomic mass is 9.32. The number of allylic oxidation sites excluding steroid dienone is 1. The summed E-state index contributed by atoms with van der Waals surface area (Å²) in [6.45, 7) is 22.5. The van der Waals surface area contributed by atoms with Gasteiger partial charge in [0.05, 0.1) is 0 Å². The fourth-order valence-electron chi connectivity index (χ4n) is 12.8. The highest BCUT2D eigenvalue weighted by Gasteiger charge is 2.70. The van der Waals surface area contributed by atoms with Gasteiger partial charge in [0, 0.05) is 11.8 Å². The molecule has 0 aliphatic heterocycles. The maximum atomic E-state index is 13.1. The molecule has 10 atom stereocenters. The van der Waals surface area contributed by atoms with Crippen LogP contribution in [0.2, 0.25) is 0 Å². The van der Waals surface area contributed by atoms with Crippen molar-refractivity contribution in [3.05, 3.63) is 48.0 Å². The van der Waals surface area contributed by atoms with Crippen LogP contribution in [0.15, 0.2) is 42.5 Å². The second-order valence-corrected chi connectivity index (χ2v) is 17.2. The number of hydrogen-bond donors (Lipinski definition) is 0. The molecule has 0 spiro atoms. The first-order valence-electron chi connectivity index (χ1n) is 17.2. The third-order valence-electron chi connectivity index (χ3n) is 15.2. The predicted octanol–water partition coefficient (Wildman–Crippen LogP) is 10.2. The number of esters is 1. The van der Waals surface area contributed by atoms with Crippen LogP contribution in [0.3, 0.4) is 0 Å². The van der Waals surface area contributed by atoms with Crippen molar-refractivity contribution in [1.29, 1.82) is 0 Å². The van der Waals surface area contributed by atoms with Gasteiger partial charge in [-0.25, -0.2) is 0 Å². The summed E-state index contributed by atoms with van der Waals surface area (Å²) in [7, 11) is 0. The third-order valence-corrected chi connectivity index (χ3v) is 15.2. The molecular weight excluding hydrogens is 500 g/mol. The van der Waals surface area contributed by atoms with Gasteiger partial charge in [-0.05, 0) is 134 Å². The smallest absolute Gasteiger partial charge is 0.306 e. The van der Waals surface area contributed by atoms with Crippen LogP contribution in [0.1, 0.15) is 125 Å². The fourth-order valence-corrected chi connectivity index (χ4v) is 12.8. The Bertz CT molecular complexity index is 1170. The molecule has 1 aromatic carbocycles. The average molecular weight is 559 g/mol. The lowest BCUT2D eigenvalue weighted by molar-refractivity contribution is -0.249. The Morgan fingerprint density at radius 1 is 0.829 bits per heavy atom. The summed E-state index contributed by atoms with van der Waals surface area (Å²) in [6, 6.07) is 10.3. The first-order chi connectivity index (χ1) is 19.3. The molecule has 6 rings (SSSR count). The van der Waals surface area contributed by atoms with Gasteiger partial charge in [-0.1, -0.05) is 84.0 Å². The number of carbonyl (C=O) groups is 1. The highest BCUT2D eigenvalue weighted by Crippen LogP contribution is 2.77. The van der Waals surface area contributed by atoms with Crippen LogP contribution in [0.25, 0.3) is 0 Å². The maximum absolute atomic E-state index is 13.1. The zero-order valence-electron chi connectivity index (χ0n) is 27.4. The van der Waals surface area contributed by atoms with E-state index >= 15 is 0 Å². The quantitative estimate of drug-likeness (QED) is 0.265. The molecule has 0 radical (unpaired) electrons. The van der Waals surface area contributed by atoms with Crippen LogP contribution in [0.5, 0.6) is 0 Å². The topological polar surface area (TPSA) is 26.3 Å². The number of rotatable bonds is 5. The Labute approximate surface area is 251 Å². The molecule has 0 N–H and O–H groups in total. The van der Waals surface area contributed by atoms with E-state index in [-0.39, 0.29) is 17.5 Å². The highest BCUT2D eigenvalue weighted by atomic mass is 16.5. The minimum Gasteiger partial charge on any atom is -0.462 e. The van der Waals surface area contributed by atoms with Gasteiger partial charge in [-0.15, -0.1) is 0 Å². The molecule has 5 fully saturated rings. The SMILES string of the molecule is C=C(C)[C@@H]1CC[C@]2(C)CC[C@]3(C)[C@H](CC[C@@H]4[C@@]5(C)CC[C@H](OC(=O)CCc6ccccc6)C(C)(C)[C@@H]5CC[C@]43C)[C@H]12. The number of ether oxygens (including phenoxy) is 1. The normalized spacial score (nSPS) is 46.4. The standard InChI is InChI=1S/C39H58O2/c1-26(2)28-18-21-36(5)24-25-38(7)29(34(28)36)15-16-31-37(6)22-20-32(35(3,4)30(37)19-23-39(31,38)8)41-33(40)17-14-27-12-10-9-11-13-27/h9-13,28-32,34H,1,14-25H2,2-8H3/t28-,29+,30-,31+,32-,34-,36+,37-,38+,39+/m0/s1. The number of hydrogen-bond acceptors (Lipinski definition) is 2. The summed E-state index contributed by atoms with van der Waals surface area (Å²) in [4.78, 5) is 13.1. The molecule has 41 heavy (non-hydrogen) atoms. The Balaban J connectivity index is 1.21. The van der Waals surface area contributed by atoms with E-state index in [0.29, 0.717) is 34.0 Å². The van der Waals surface area contributed by atoms with Crippen LogP contribution in [-0.4, -0.2) is 12.1 Å². The van der Waals surface area contributed by atoms with Crippen molar-refractivity contribution >= 4 is 5.97 Å². The Hall–Kier alpha value is -1.57. The Morgan fingerprint density at radius 3 is 2.27 bits per heavy atom. The minimum absolute atomic E-state index is 0.0100. The van der Waals surface area contributed by atoms with Crippen LogP contribution in [0, 0.1) is 56.7 Å². The van der Waals surface area contributed by atoms with Gasteiger partial charge in [0.15, 0.2) is 0 Å². The summed E-state index contributed by atoms with van der Waals surface area (Å²) >= 11 is 0. The first kappa shape index (κ1) is 29.5. The molecule has 2 nitrogen and oxygen atoms in total. The third kappa shape index (κ3) is 4.34. The van der Waals surface area contributed by atoms with Gasteiger partial charge in [0.1, 0.15) is 6.10 Å². The van der Waals surface area contributed by atoms with Crippen molar-refractivity contribution in [3.8, 4) is 0 Å². The number of benzene rings is 1. The zero-order chi connectivity index (χ0) is 29.4. The minimum atomic E-state index is -0.0157. The molecule has 5 aliphatic carbocycles. The van der Waals surface area contributed by atoms with E-state index in [1.165, 1.54) is 68.9 Å². The molecule has 0 amide bonds. The van der Waals surface area contributed by atoms with Gasteiger partial charge in [0.2, 0.25) is 0 Å². The van der Waals surface area contributed by atoms with E-state index < -0.39 is 0 Å². The first-order valence-corrected chi connectivity index (χ1v) is 17.2. The Kier molecular flexibility index (Phi) is 7.18. The van der Waals surface area contributed by atoms with Crippen molar-refractivity contribution in [2.45, 2.75) is 132 Å². The highest BCUT2D eigenvalue weighted by molar-refractivity contribution is 5.70. The molecule has 226 valence electrons. The molecule has 5 aliphatic rings. The molecule has 0 unspecified atom stereocenters. The van der Waals surface area contributed by atoms with Crippen molar-refractivity contribution < 1.29 is 9.53 Å². The van der Waals surface area contributed by atoms with Crippen LogP contribution in [0.4, 0.5) is 0 Å². The van der Waals surface area contributed by atoms with E-state index in [1.54, 1.807) is 0 Å². The van der Waals surface area contributed by atoms with Gasteiger partial charge >= 0.3 is 5.97 Å². The lowest BCUT2D eigenvalue weighted by Gasteiger charge is -2.73. The van der Waals surface area contributed by atoms with Gasteiger partial charge in [-0.3, -0.25) is 4.79 Å². The lowest BCUT2D eigenvalue weighted by Crippen LogP contribution is -2.66. The monoisotopic (exact) mass is 558 g/mol. The summed E-state index contributed by atoms with van der Waals surface area (Å²) < 4.78 is 6.33. The number of fused-ring (bicyclic) bond motifs is 7. The van der Waals surface area contributed by atoms with Crippen molar-refractivity contribution in [2.75, 3.05) is 0 Å². The van der Waals surface area contributed by atoms with Gasteiger partial charge in [0.25, 0.3) is 0 Å². The maximum Gasteiger partial charge on any atom is 0.306 e. The molecule has 2 heteroatoms. The second-order valence-electron chi connectivity index (χ2n) is 17.2. The van der Waals surface area contributed by atoms with E-state index in [0.717, 1.165) is 36.5 Å². The van der Waals surface area contributed by atoms with Gasteiger partial charge < -0.3 is 4.74 Å². The van der Waals surface area contributed by atoms with Crippen molar-refractivity contribution in [2.24, 2.45) is 56.7 Å². The van der Waals surface area contributed by atoms with Crippen molar-refractivity contribution in [3.63, 3.8) is 0 Å². The van der Waals surface area contributed by atoms with E-state index in [9.17, 15) is 4.79 Å². The van der Waals surface area contributed by atoms with Crippen LogP contribution >= 0.6 is 0 Å². The average Bonchev–Trinajstić information content (AvgIpc) is 3.28. The molecule has 1 aromatic rings. The fraction of sp³-hybridized carbons (Fsp3) is 0.769. The largest absolute Gasteiger partial charge is 0.462 e. The van der Waals surface area contributed by atoms with Crippen molar-refractivity contribution in [1.82, 2.24) is 0 Å². The summed E-state index contributed by atoms with van der Waals surface area (Å²) in [6.07, 6.45) is 14.5. The van der Waals surface area contributed by atoms with E-state index in [1.807, 2.05) is 6.07 Å². The van der Waals surface area contributed by atoms with E-state index in [2.05, 4.69) is 79.3 Å². The molecule has 0 bridgehead atoms. The summed E-state index contributed by atoms with van der Waals surface area (Å²) in [5.74, 6) is 3.74. The van der Waals surface area contributed by atoms with Crippen LogP contribution < -0.4 is 0 Å².